The maximum Gasteiger partial charge on any atom is 0.329 e. The maximum atomic E-state index is 10.8. The molecule has 0 aromatic carbocycles. The zero-order valence-corrected chi connectivity index (χ0v) is 12.9. The van der Waals surface area contributed by atoms with Crippen LogP contribution in [0.5, 0.6) is 0 Å². The molecule has 0 aromatic rings. The van der Waals surface area contributed by atoms with Gasteiger partial charge in [0.1, 0.15) is 13.2 Å². The summed E-state index contributed by atoms with van der Waals surface area (Å²) in [6, 6.07) is 0. The Bertz CT molecular complexity index is 347. The second kappa shape index (κ2) is 8.48. The van der Waals surface area contributed by atoms with Gasteiger partial charge in [-0.25, -0.2) is 9.59 Å². The number of ether oxygens (including phenoxy) is 2. The Balaban J connectivity index is 1.99. The van der Waals surface area contributed by atoms with Crippen LogP contribution in [0.2, 0.25) is 0 Å². The maximum absolute atomic E-state index is 10.8. The van der Waals surface area contributed by atoms with Crippen LogP contribution in [0.3, 0.4) is 0 Å². The molecule has 4 atom stereocenters. The fourth-order valence-corrected chi connectivity index (χ4v) is 4.00. The molecule has 0 heterocycles. The number of rotatable bonds is 7. The fraction of sp³-hybridized carbons (Fsp3) is 0.875. The molecule has 2 N–H and O–H groups in total. The van der Waals surface area contributed by atoms with Crippen LogP contribution in [-0.2, 0) is 19.1 Å². The van der Waals surface area contributed by atoms with Gasteiger partial charge >= 0.3 is 11.9 Å². The van der Waals surface area contributed by atoms with Crippen molar-refractivity contribution in [1.29, 1.82) is 0 Å². The lowest BCUT2D eigenvalue weighted by Crippen LogP contribution is -2.42. The molecule has 2 aliphatic carbocycles. The molecule has 2 fully saturated rings. The predicted molar refractivity (Wildman–Crippen MR) is 78.7 cm³/mol. The van der Waals surface area contributed by atoms with Gasteiger partial charge in [-0.05, 0) is 37.5 Å². The van der Waals surface area contributed by atoms with Crippen molar-refractivity contribution >= 4 is 11.9 Å². The average Bonchev–Trinajstić information content (AvgIpc) is 2.51. The van der Waals surface area contributed by atoms with Crippen molar-refractivity contribution in [2.45, 2.75) is 63.6 Å². The molecular weight excluding hydrogens is 288 g/mol. The third kappa shape index (κ3) is 4.95. The number of hydrogen-bond acceptors (Lipinski definition) is 4. The molecule has 2 aliphatic rings. The molecule has 126 valence electrons. The van der Waals surface area contributed by atoms with Gasteiger partial charge in [-0.2, -0.15) is 0 Å². The lowest BCUT2D eigenvalue weighted by molar-refractivity contribution is -0.154. The van der Waals surface area contributed by atoms with Crippen molar-refractivity contribution in [3.05, 3.63) is 0 Å². The van der Waals surface area contributed by atoms with E-state index in [1.165, 1.54) is 0 Å². The molecule has 2 rings (SSSR count). The molecule has 0 bridgehead atoms. The van der Waals surface area contributed by atoms with E-state index in [2.05, 4.69) is 0 Å². The van der Waals surface area contributed by atoms with Crippen LogP contribution in [0.1, 0.15) is 51.4 Å². The van der Waals surface area contributed by atoms with Crippen molar-refractivity contribution in [3.8, 4) is 0 Å². The van der Waals surface area contributed by atoms with Crippen LogP contribution >= 0.6 is 0 Å². The van der Waals surface area contributed by atoms with E-state index in [9.17, 15) is 9.59 Å². The molecule has 0 radical (unpaired) electrons. The quantitative estimate of drug-likeness (QED) is 0.749. The van der Waals surface area contributed by atoms with Crippen LogP contribution < -0.4 is 0 Å². The van der Waals surface area contributed by atoms with Crippen molar-refractivity contribution in [3.63, 3.8) is 0 Å². The summed E-state index contributed by atoms with van der Waals surface area (Å²) >= 11 is 0. The highest BCUT2D eigenvalue weighted by molar-refractivity contribution is 5.68. The van der Waals surface area contributed by atoms with E-state index >= 15 is 0 Å². The lowest BCUT2D eigenvalue weighted by Gasteiger charge is -2.42. The highest BCUT2D eigenvalue weighted by Gasteiger charge is 2.38. The summed E-state index contributed by atoms with van der Waals surface area (Å²) in [6.45, 7) is -0.511. The van der Waals surface area contributed by atoms with Gasteiger partial charge in [0.2, 0.25) is 0 Å². The number of carboxylic acid groups (broad SMARTS) is 2. The van der Waals surface area contributed by atoms with Crippen LogP contribution in [0, 0.1) is 11.8 Å². The van der Waals surface area contributed by atoms with Gasteiger partial charge in [0.05, 0.1) is 12.2 Å². The molecule has 6 heteroatoms. The molecule has 0 aliphatic heterocycles. The number of carboxylic acids is 2. The van der Waals surface area contributed by atoms with E-state index in [-0.39, 0.29) is 37.3 Å². The molecule has 0 saturated heterocycles. The first-order valence-electron chi connectivity index (χ1n) is 8.24. The Morgan fingerprint density at radius 3 is 1.45 bits per heavy atom. The molecule has 2 saturated carbocycles. The summed E-state index contributed by atoms with van der Waals surface area (Å²) in [7, 11) is 0. The van der Waals surface area contributed by atoms with E-state index in [0.717, 1.165) is 51.4 Å². The van der Waals surface area contributed by atoms with E-state index < -0.39 is 11.9 Å². The van der Waals surface area contributed by atoms with Crippen LogP contribution in [0.4, 0.5) is 0 Å². The Kier molecular flexibility index (Phi) is 6.64. The average molecular weight is 314 g/mol. The van der Waals surface area contributed by atoms with Crippen molar-refractivity contribution in [2.24, 2.45) is 11.8 Å². The van der Waals surface area contributed by atoms with Crippen molar-refractivity contribution in [1.82, 2.24) is 0 Å². The summed E-state index contributed by atoms with van der Waals surface area (Å²) in [6.07, 6.45) is 8.11. The SMILES string of the molecule is O=C(O)COC1CCCCC1C1CCCCC1OCC(=O)O. The van der Waals surface area contributed by atoms with Gasteiger partial charge in [-0.3, -0.25) is 0 Å². The van der Waals surface area contributed by atoms with Crippen molar-refractivity contribution < 1.29 is 29.3 Å². The largest absolute Gasteiger partial charge is 0.480 e. The molecule has 0 aromatic heterocycles. The Morgan fingerprint density at radius 1 is 0.727 bits per heavy atom. The van der Waals surface area contributed by atoms with Gasteiger partial charge in [0, 0.05) is 0 Å². The van der Waals surface area contributed by atoms with Gasteiger partial charge in [-0.1, -0.05) is 25.7 Å². The Labute approximate surface area is 130 Å². The summed E-state index contributed by atoms with van der Waals surface area (Å²) in [4.78, 5) is 21.5. The first-order chi connectivity index (χ1) is 10.6. The minimum Gasteiger partial charge on any atom is -0.480 e. The first-order valence-corrected chi connectivity index (χ1v) is 8.24. The third-order valence-corrected chi connectivity index (χ3v) is 4.90. The second-order valence-corrected chi connectivity index (χ2v) is 6.38. The molecule has 4 unspecified atom stereocenters. The van der Waals surface area contributed by atoms with Gasteiger partial charge < -0.3 is 19.7 Å². The van der Waals surface area contributed by atoms with Crippen LogP contribution in [-0.4, -0.2) is 47.6 Å². The minimum absolute atomic E-state index is 0.0381. The minimum atomic E-state index is -0.938. The van der Waals surface area contributed by atoms with Crippen LogP contribution in [0.15, 0.2) is 0 Å². The lowest BCUT2D eigenvalue weighted by atomic mass is 9.70. The predicted octanol–water partition coefficient (Wildman–Crippen LogP) is 2.31. The Morgan fingerprint density at radius 2 is 1.09 bits per heavy atom. The highest BCUT2D eigenvalue weighted by Crippen LogP contribution is 2.40. The molecule has 22 heavy (non-hydrogen) atoms. The summed E-state index contributed by atoms with van der Waals surface area (Å²) in [5.41, 5.74) is 0. The van der Waals surface area contributed by atoms with Crippen molar-refractivity contribution in [2.75, 3.05) is 13.2 Å². The third-order valence-electron chi connectivity index (χ3n) is 4.90. The van der Waals surface area contributed by atoms with E-state index in [4.69, 9.17) is 19.7 Å². The number of carbonyl (C=O) groups is 2. The zero-order valence-electron chi connectivity index (χ0n) is 12.9. The number of aliphatic carboxylic acids is 2. The molecule has 6 nitrogen and oxygen atoms in total. The topological polar surface area (TPSA) is 93.1 Å². The van der Waals surface area contributed by atoms with E-state index in [0.29, 0.717) is 0 Å². The monoisotopic (exact) mass is 314 g/mol. The zero-order chi connectivity index (χ0) is 15.9. The Hall–Kier alpha value is -1.14. The summed E-state index contributed by atoms with van der Waals surface area (Å²) in [5, 5.41) is 17.6. The highest BCUT2D eigenvalue weighted by atomic mass is 16.5. The summed E-state index contributed by atoms with van der Waals surface area (Å²) in [5.74, 6) is -1.31. The van der Waals surface area contributed by atoms with Gasteiger partial charge in [-0.15, -0.1) is 0 Å². The smallest absolute Gasteiger partial charge is 0.329 e. The molecule has 0 amide bonds. The van der Waals surface area contributed by atoms with E-state index in [1.807, 2.05) is 0 Å². The van der Waals surface area contributed by atoms with Crippen LogP contribution in [0.25, 0.3) is 0 Å². The molecular formula is C16H26O6. The normalized spacial score (nSPS) is 32.5. The summed E-state index contributed by atoms with van der Waals surface area (Å²) < 4.78 is 11.2. The van der Waals surface area contributed by atoms with Gasteiger partial charge in [0.25, 0.3) is 0 Å². The first kappa shape index (κ1) is 17.2. The van der Waals surface area contributed by atoms with Gasteiger partial charge in [0.15, 0.2) is 0 Å². The van der Waals surface area contributed by atoms with E-state index in [1.54, 1.807) is 0 Å². The number of hydrogen-bond donors (Lipinski definition) is 2. The molecule has 0 spiro atoms. The fourth-order valence-electron chi connectivity index (χ4n) is 4.00. The standard InChI is InChI=1S/C16H26O6/c17-15(18)9-21-13-7-3-1-5-11(13)12-6-2-4-8-14(12)22-10-16(19)20/h11-14H,1-10H2,(H,17,18)(H,19,20). The second-order valence-electron chi connectivity index (χ2n) is 6.38.